The molecule has 1 aromatic carbocycles. The lowest BCUT2D eigenvalue weighted by atomic mass is 9.62. The summed E-state index contributed by atoms with van der Waals surface area (Å²) < 4.78 is 0. The van der Waals surface area contributed by atoms with Gasteiger partial charge in [0.1, 0.15) is 0 Å². The maximum absolute atomic E-state index is 2.35. The number of hydrogen-bond acceptors (Lipinski definition) is 0. The van der Waals surface area contributed by atoms with Crippen molar-refractivity contribution in [2.24, 2.45) is 5.41 Å². The van der Waals surface area contributed by atoms with Gasteiger partial charge in [-0.3, -0.25) is 0 Å². The number of rotatable bonds is 0. The Bertz CT molecular complexity index is 665. The van der Waals surface area contributed by atoms with Crippen molar-refractivity contribution in [2.75, 3.05) is 0 Å². The quantitative estimate of drug-likeness (QED) is 0.614. The van der Waals surface area contributed by atoms with E-state index >= 15 is 0 Å². The normalized spacial score (nSPS) is 26.9. The van der Waals surface area contributed by atoms with Crippen LogP contribution in [-0.2, 0) is 0 Å². The van der Waals surface area contributed by atoms with Gasteiger partial charge >= 0.3 is 0 Å². The summed E-state index contributed by atoms with van der Waals surface area (Å²) in [6.45, 7) is 0. The zero-order valence-electron chi connectivity index (χ0n) is 10.1. The highest BCUT2D eigenvalue weighted by molar-refractivity contribution is 5.90. The first-order chi connectivity index (χ1) is 8.90. The van der Waals surface area contributed by atoms with Crippen LogP contribution < -0.4 is 0 Å². The Morgan fingerprint density at radius 1 is 1.00 bits per heavy atom. The SMILES string of the molecule is C1=CCC23C=CC=CC2=Cc2ccccc2C3=C1. The van der Waals surface area contributed by atoms with Gasteiger partial charge in [-0.15, -0.1) is 0 Å². The molecule has 1 spiro atoms. The van der Waals surface area contributed by atoms with Gasteiger partial charge in [0.25, 0.3) is 0 Å². The third kappa shape index (κ3) is 1.15. The molecule has 1 aromatic rings. The van der Waals surface area contributed by atoms with Gasteiger partial charge in [-0.2, -0.15) is 0 Å². The Labute approximate surface area is 107 Å². The molecule has 18 heavy (non-hydrogen) atoms. The molecule has 0 heterocycles. The van der Waals surface area contributed by atoms with Crippen LogP contribution in [0.5, 0.6) is 0 Å². The summed E-state index contributed by atoms with van der Waals surface area (Å²) in [6.07, 6.45) is 19.1. The van der Waals surface area contributed by atoms with Crippen molar-refractivity contribution < 1.29 is 0 Å². The van der Waals surface area contributed by atoms with Crippen LogP contribution in [-0.4, -0.2) is 0 Å². The van der Waals surface area contributed by atoms with Crippen molar-refractivity contribution in [3.05, 3.63) is 83.5 Å². The maximum Gasteiger partial charge on any atom is 0.0425 e. The Morgan fingerprint density at radius 2 is 1.94 bits per heavy atom. The molecule has 86 valence electrons. The third-order valence-corrected chi connectivity index (χ3v) is 4.16. The Kier molecular flexibility index (Phi) is 1.90. The molecule has 4 rings (SSSR count). The van der Waals surface area contributed by atoms with Crippen LogP contribution in [0.3, 0.4) is 0 Å². The summed E-state index contributed by atoms with van der Waals surface area (Å²) in [5.74, 6) is 0. The topological polar surface area (TPSA) is 0 Å². The fraction of sp³-hybridized carbons (Fsp3) is 0.111. The Morgan fingerprint density at radius 3 is 2.94 bits per heavy atom. The van der Waals surface area contributed by atoms with Crippen LogP contribution in [0.1, 0.15) is 17.5 Å². The standard InChI is InChI=1S/C18H14/c1-2-9-16-14(7-1)13-15-8-3-5-11-18(15)12-6-4-10-17(16)18/h1-11,13H,12H2. The minimum atomic E-state index is 0.0812. The van der Waals surface area contributed by atoms with Gasteiger partial charge in [0.15, 0.2) is 0 Å². The molecule has 0 heteroatoms. The number of fused-ring (bicyclic) bond motifs is 2. The molecule has 0 N–H and O–H groups in total. The van der Waals surface area contributed by atoms with Crippen molar-refractivity contribution in [1.29, 1.82) is 0 Å². The fourth-order valence-corrected chi connectivity index (χ4v) is 3.27. The molecule has 3 aliphatic carbocycles. The van der Waals surface area contributed by atoms with E-state index in [1.165, 1.54) is 22.3 Å². The van der Waals surface area contributed by atoms with Crippen LogP contribution in [0.4, 0.5) is 0 Å². The van der Waals surface area contributed by atoms with Crippen LogP contribution in [0, 0.1) is 5.41 Å². The number of benzene rings is 1. The molecule has 1 unspecified atom stereocenters. The summed E-state index contributed by atoms with van der Waals surface area (Å²) >= 11 is 0. The van der Waals surface area contributed by atoms with Crippen molar-refractivity contribution in [1.82, 2.24) is 0 Å². The van der Waals surface area contributed by atoms with Gasteiger partial charge in [-0.25, -0.2) is 0 Å². The lowest BCUT2D eigenvalue weighted by Crippen LogP contribution is -2.27. The fourth-order valence-electron chi connectivity index (χ4n) is 3.27. The highest BCUT2D eigenvalue weighted by atomic mass is 14.4. The van der Waals surface area contributed by atoms with Crippen LogP contribution in [0.2, 0.25) is 0 Å². The first-order valence-corrected chi connectivity index (χ1v) is 6.45. The second-order valence-electron chi connectivity index (χ2n) is 5.09. The molecule has 0 aliphatic heterocycles. The summed E-state index contributed by atoms with van der Waals surface area (Å²) in [7, 11) is 0. The predicted molar refractivity (Wildman–Crippen MR) is 76.9 cm³/mol. The zero-order valence-corrected chi connectivity index (χ0v) is 10.1. The van der Waals surface area contributed by atoms with E-state index in [4.69, 9.17) is 0 Å². The van der Waals surface area contributed by atoms with Gasteiger partial charge in [-0.05, 0) is 34.8 Å². The van der Waals surface area contributed by atoms with Crippen molar-refractivity contribution >= 4 is 11.6 Å². The largest absolute Gasteiger partial charge is 0.0830 e. The van der Waals surface area contributed by atoms with Gasteiger partial charge < -0.3 is 0 Å². The van der Waals surface area contributed by atoms with Gasteiger partial charge in [0.05, 0.1) is 0 Å². The van der Waals surface area contributed by atoms with E-state index in [2.05, 4.69) is 72.9 Å². The molecule has 1 atom stereocenters. The molecule has 0 nitrogen and oxygen atoms in total. The smallest absolute Gasteiger partial charge is 0.0425 e. The van der Waals surface area contributed by atoms with E-state index in [9.17, 15) is 0 Å². The van der Waals surface area contributed by atoms with Gasteiger partial charge in [-0.1, -0.05) is 66.8 Å². The Hall–Kier alpha value is -2.08. The summed E-state index contributed by atoms with van der Waals surface area (Å²) in [6, 6.07) is 8.69. The highest BCUT2D eigenvalue weighted by Gasteiger charge is 2.39. The van der Waals surface area contributed by atoms with E-state index in [1.54, 1.807) is 0 Å². The van der Waals surface area contributed by atoms with Gasteiger partial charge in [0, 0.05) is 5.41 Å². The molecule has 0 amide bonds. The molecule has 0 fully saturated rings. The second-order valence-corrected chi connectivity index (χ2v) is 5.09. The molecular formula is C18H14. The zero-order chi connectivity index (χ0) is 12.0. The molecule has 0 aromatic heterocycles. The van der Waals surface area contributed by atoms with Crippen molar-refractivity contribution in [3.63, 3.8) is 0 Å². The van der Waals surface area contributed by atoms with E-state index in [0.29, 0.717) is 0 Å². The van der Waals surface area contributed by atoms with Crippen LogP contribution in [0.15, 0.2) is 72.4 Å². The molecule has 3 aliphatic rings. The number of hydrogen-bond donors (Lipinski definition) is 0. The molecule has 0 saturated heterocycles. The van der Waals surface area contributed by atoms with Gasteiger partial charge in [0.2, 0.25) is 0 Å². The molecule has 0 saturated carbocycles. The lowest BCUT2D eigenvalue weighted by Gasteiger charge is -2.41. The average molecular weight is 230 g/mol. The third-order valence-electron chi connectivity index (χ3n) is 4.16. The van der Waals surface area contributed by atoms with Crippen LogP contribution >= 0.6 is 0 Å². The van der Waals surface area contributed by atoms with E-state index < -0.39 is 0 Å². The van der Waals surface area contributed by atoms with E-state index in [1.807, 2.05) is 0 Å². The lowest BCUT2D eigenvalue weighted by molar-refractivity contribution is 0.623. The van der Waals surface area contributed by atoms with E-state index in [-0.39, 0.29) is 5.41 Å². The first-order valence-electron chi connectivity index (χ1n) is 6.45. The summed E-state index contributed by atoms with van der Waals surface area (Å²) in [5.41, 5.74) is 5.66. The van der Waals surface area contributed by atoms with Crippen molar-refractivity contribution in [3.8, 4) is 0 Å². The minimum Gasteiger partial charge on any atom is -0.0830 e. The molecular weight excluding hydrogens is 216 g/mol. The van der Waals surface area contributed by atoms with Crippen molar-refractivity contribution in [2.45, 2.75) is 6.42 Å². The monoisotopic (exact) mass is 230 g/mol. The number of allylic oxidation sites excluding steroid dienone is 9. The van der Waals surface area contributed by atoms with Crippen LogP contribution in [0.25, 0.3) is 11.6 Å². The summed E-state index contributed by atoms with van der Waals surface area (Å²) in [4.78, 5) is 0. The molecule has 0 radical (unpaired) electrons. The van der Waals surface area contributed by atoms with E-state index in [0.717, 1.165) is 6.42 Å². The average Bonchev–Trinajstić information content (AvgIpc) is 2.44. The minimum absolute atomic E-state index is 0.0812. The molecule has 0 bridgehead atoms. The summed E-state index contributed by atoms with van der Waals surface area (Å²) in [5, 5.41) is 0. The maximum atomic E-state index is 2.35. The highest BCUT2D eigenvalue weighted by Crippen LogP contribution is 2.53. The predicted octanol–water partition coefficient (Wildman–Crippen LogP) is 4.54. The first kappa shape index (κ1) is 9.90. The second kappa shape index (κ2) is 3.46. The Balaban J connectivity index is 2.07.